The summed E-state index contributed by atoms with van der Waals surface area (Å²) >= 11 is 0. The molecule has 2 rings (SSSR count). The molecule has 2 heterocycles. The van der Waals surface area contributed by atoms with Crippen molar-refractivity contribution >= 4 is 6.01 Å². The Balaban J connectivity index is 2.06. The topological polar surface area (TPSA) is 63.4 Å². The summed E-state index contributed by atoms with van der Waals surface area (Å²) in [5.41, 5.74) is 0. The van der Waals surface area contributed by atoms with E-state index >= 15 is 0 Å². The van der Waals surface area contributed by atoms with E-state index in [2.05, 4.69) is 34.3 Å². The first-order chi connectivity index (χ1) is 8.22. The van der Waals surface area contributed by atoms with E-state index in [1.54, 1.807) is 0 Å². The van der Waals surface area contributed by atoms with Gasteiger partial charge in [-0.15, -0.1) is 5.10 Å². The minimum absolute atomic E-state index is 0.0950. The summed E-state index contributed by atoms with van der Waals surface area (Å²) in [4.78, 5) is 2.10. The fraction of sp³-hybridized carbons (Fsp3) is 0.818. The van der Waals surface area contributed by atoms with Crippen molar-refractivity contribution in [3.8, 4) is 0 Å². The number of aromatic nitrogens is 2. The van der Waals surface area contributed by atoms with Gasteiger partial charge in [-0.3, -0.25) is 0 Å². The van der Waals surface area contributed by atoms with Gasteiger partial charge in [0.2, 0.25) is 5.89 Å². The number of nitrogens with one attached hydrogen (secondary N) is 1. The Morgan fingerprint density at radius 2 is 2.35 bits per heavy atom. The van der Waals surface area contributed by atoms with E-state index in [1.807, 2.05) is 6.92 Å². The summed E-state index contributed by atoms with van der Waals surface area (Å²) in [7, 11) is 0. The second-order valence-electron chi connectivity index (χ2n) is 4.32. The molecule has 6 nitrogen and oxygen atoms in total. The Hall–Kier alpha value is -1.14. The van der Waals surface area contributed by atoms with Crippen LogP contribution in [0.25, 0.3) is 0 Å². The molecular formula is C11H20N4O2. The third-order valence-corrected chi connectivity index (χ3v) is 2.92. The number of hydrogen-bond acceptors (Lipinski definition) is 6. The van der Waals surface area contributed by atoms with Crippen molar-refractivity contribution in [2.45, 2.75) is 32.9 Å². The van der Waals surface area contributed by atoms with Crippen LogP contribution < -0.4 is 10.2 Å². The number of hydrogen-bond donors (Lipinski definition) is 1. The maximum Gasteiger partial charge on any atom is 0.318 e. The predicted molar refractivity (Wildman–Crippen MR) is 64.0 cm³/mol. The van der Waals surface area contributed by atoms with Crippen LogP contribution in [-0.4, -0.2) is 42.5 Å². The highest BCUT2D eigenvalue weighted by Crippen LogP contribution is 2.20. The number of rotatable bonds is 4. The van der Waals surface area contributed by atoms with Crippen LogP contribution in [0.15, 0.2) is 4.42 Å². The maximum absolute atomic E-state index is 5.69. The standard InChI is InChI=1S/C11H20N4O2/c1-4-12-9(3)10-13-14-11(17-10)15-5-6-16-7-8(15)2/h8-9,12H,4-7H2,1-3H3. The zero-order valence-electron chi connectivity index (χ0n) is 10.6. The van der Waals surface area contributed by atoms with Gasteiger partial charge in [-0.2, -0.15) is 0 Å². The number of nitrogens with zero attached hydrogens (tertiary/aromatic N) is 3. The van der Waals surface area contributed by atoms with Crippen LogP contribution in [0.3, 0.4) is 0 Å². The fourth-order valence-electron chi connectivity index (χ4n) is 1.92. The van der Waals surface area contributed by atoms with Crippen LogP contribution in [0.1, 0.15) is 32.7 Å². The van der Waals surface area contributed by atoms with Crippen molar-refractivity contribution in [2.75, 3.05) is 31.2 Å². The number of anilines is 1. The number of morpholine rings is 1. The Morgan fingerprint density at radius 1 is 1.53 bits per heavy atom. The minimum Gasteiger partial charge on any atom is -0.406 e. The second kappa shape index (κ2) is 5.46. The van der Waals surface area contributed by atoms with E-state index in [0.29, 0.717) is 25.1 Å². The molecule has 1 N–H and O–H groups in total. The van der Waals surface area contributed by atoms with Crippen LogP contribution in [0.4, 0.5) is 6.01 Å². The van der Waals surface area contributed by atoms with E-state index in [1.165, 1.54) is 0 Å². The SMILES string of the molecule is CCNC(C)c1nnc(N2CCOCC2C)o1. The highest BCUT2D eigenvalue weighted by molar-refractivity contribution is 5.27. The molecule has 1 aromatic rings. The fourth-order valence-corrected chi connectivity index (χ4v) is 1.92. The van der Waals surface area contributed by atoms with Crippen LogP contribution in [-0.2, 0) is 4.74 Å². The smallest absolute Gasteiger partial charge is 0.318 e. The number of ether oxygens (including phenoxy) is 1. The minimum atomic E-state index is 0.0950. The summed E-state index contributed by atoms with van der Waals surface area (Å²) in [6.45, 7) is 9.27. The summed E-state index contributed by atoms with van der Waals surface area (Å²) in [6.07, 6.45) is 0. The van der Waals surface area contributed by atoms with Crippen molar-refractivity contribution in [2.24, 2.45) is 0 Å². The third-order valence-electron chi connectivity index (χ3n) is 2.92. The van der Waals surface area contributed by atoms with E-state index < -0.39 is 0 Å². The van der Waals surface area contributed by atoms with Gasteiger partial charge in [0.25, 0.3) is 0 Å². The largest absolute Gasteiger partial charge is 0.406 e. The average molecular weight is 240 g/mol. The molecule has 2 atom stereocenters. The molecule has 0 amide bonds. The van der Waals surface area contributed by atoms with Gasteiger partial charge in [0.05, 0.1) is 25.3 Å². The Morgan fingerprint density at radius 3 is 3.06 bits per heavy atom. The first kappa shape index (κ1) is 12.3. The molecule has 0 radical (unpaired) electrons. The first-order valence-electron chi connectivity index (χ1n) is 6.13. The summed E-state index contributed by atoms with van der Waals surface area (Å²) in [5, 5.41) is 11.4. The van der Waals surface area contributed by atoms with Gasteiger partial charge in [0.15, 0.2) is 0 Å². The monoisotopic (exact) mass is 240 g/mol. The molecule has 96 valence electrons. The molecule has 0 aromatic carbocycles. The average Bonchev–Trinajstić information content (AvgIpc) is 2.79. The quantitative estimate of drug-likeness (QED) is 0.846. The van der Waals surface area contributed by atoms with Crippen molar-refractivity contribution < 1.29 is 9.15 Å². The molecule has 0 spiro atoms. The highest BCUT2D eigenvalue weighted by atomic mass is 16.5. The Kier molecular flexibility index (Phi) is 3.96. The molecular weight excluding hydrogens is 220 g/mol. The van der Waals surface area contributed by atoms with Gasteiger partial charge in [0.1, 0.15) is 0 Å². The van der Waals surface area contributed by atoms with Crippen molar-refractivity contribution in [1.29, 1.82) is 0 Å². The third kappa shape index (κ3) is 2.76. The van der Waals surface area contributed by atoms with Crippen LogP contribution in [0, 0.1) is 0 Å². The summed E-state index contributed by atoms with van der Waals surface area (Å²) in [6, 6.07) is 0.977. The Bertz CT molecular complexity index is 355. The van der Waals surface area contributed by atoms with E-state index in [9.17, 15) is 0 Å². The summed E-state index contributed by atoms with van der Waals surface area (Å²) < 4.78 is 11.1. The molecule has 0 bridgehead atoms. The normalized spacial score (nSPS) is 22.8. The molecule has 1 aromatic heterocycles. The Labute approximate surface area is 101 Å². The van der Waals surface area contributed by atoms with Crippen LogP contribution in [0.2, 0.25) is 0 Å². The predicted octanol–water partition coefficient (Wildman–Crippen LogP) is 0.965. The molecule has 0 saturated carbocycles. The molecule has 0 aliphatic carbocycles. The molecule has 2 unspecified atom stereocenters. The molecule has 6 heteroatoms. The van der Waals surface area contributed by atoms with E-state index in [0.717, 1.165) is 13.1 Å². The molecule has 17 heavy (non-hydrogen) atoms. The lowest BCUT2D eigenvalue weighted by atomic mass is 10.3. The molecule has 1 aliphatic heterocycles. The lowest BCUT2D eigenvalue weighted by Gasteiger charge is -2.31. The van der Waals surface area contributed by atoms with Crippen molar-refractivity contribution in [1.82, 2.24) is 15.5 Å². The van der Waals surface area contributed by atoms with Crippen LogP contribution >= 0.6 is 0 Å². The molecule has 1 fully saturated rings. The molecule has 1 aliphatic rings. The highest BCUT2D eigenvalue weighted by Gasteiger charge is 2.24. The lowest BCUT2D eigenvalue weighted by Crippen LogP contribution is -2.43. The second-order valence-corrected chi connectivity index (χ2v) is 4.32. The first-order valence-corrected chi connectivity index (χ1v) is 6.13. The lowest BCUT2D eigenvalue weighted by molar-refractivity contribution is 0.0959. The zero-order valence-corrected chi connectivity index (χ0v) is 10.6. The van der Waals surface area contributed by atoms with E-state index in [-0.39, 0.29) is 12.1 Å². The van der Waals surface area contributed by atoms with Crippen molar-refractivity contribution in [3.05, 3.63) is 5.89 Å². The van der Waals surface area contributed by atoms with Gasteiger partial charge in [-0.25, -0.2) is 0 Å². The van der Waals surface area contributed by atoms with Gasteiger partial charge >= 0.3 is 6.01 Å². The van der Waals surface area contributed by atoms with Crippen molar-refractivity contribution in [3.63, 3.8) is 0 Å². The maximum atomic E-state index is 5.69. The van der Waals surface area contributed by atoms with E-state index in [4.69, 9.17) is 9.15 Å². The zero-order chi connectivity index (χ0) is 12.3. The molecule has 1 saturated heterocycles. The van der Waals surface area contributed by atoms with Crippen LogP contribution in [0.5, 0.6) is 0 Å². The van der Waals surface area contributed by atoms with Gasteiger partial charge in [-0.1, -0.05) is 12.0 Å². The van der Waals surface area contributed by atoms with Gasteiger partial charge in [-0.05, 0) is 20.4 Å². The van der Waals surface area contributed by atoms with Gasteiger partial charge in [0, 0.05) is 6.54 Å². The summed E-state index contributed by atoms with van der Waals surface area (Å²) in [5.74, 6) is 0.639. The van der Waals surface area contributed by atoms with Gasteiger partial charge < -0.3 is 19.4 Å².